The maximum atomic E-state index is 15.4. The van der Waals surface area contributed by atoms with Gasteiger partial charge in [0.2, 0.25) is 0 Å². The van der Waals surface area contributed by atoms with Crippen LogP contribution >= 0.6 is 7.82 Å². The molecule has 8 fully saturated rings. The Morgan fingerprint density at radius 2 is 0.662 bits per heavy atom. The SMILES string of the molecule is O=P1(O)Oc2c(-c3c(-c4ccc(C56CC7CC(CC(C7)C5)C6)cc4)ccc4ccccc34)cc3ccccc3c2-c2c(c(-c3c(-c4ccc(C56CC7CC(CC(C7)C5)C6)cc4)ccc4ccccc34)cc3ccccc23)O1. The molecule has 1 N–H and O–H groups in total. The van der Waals surface area contributed by atoms with Gasteiger partial charge in [-0.05, 0) is 212 Å². The number of hydrogen-bond donors (Lipinski definition) is 1. The topological polar surface area (TPSA) is 55.8 Å². The van der Waals surface area contributed by atoms with Crippen LogP contribution in [0.3, 0.4) is 0 Å². The summed E-state index contributed by atoms with van der Waals surface area (Å²) in [4.78, 5) is 12.5. The zero-order chi connectivity index (χ0) is 50.8. The van der Waals surface area contributed by atoms with Gasteiger partial charge in [-0.3, -0.25) is 4.89 Å². The molecule has 0 radical (unpaired) electrons. The summed E-state index contributed by atoms with van der Waals surface area (Å²) in [6.07, 6.45) is 16.4. The highest BCUT2D eigenvalue weighted by Crippen LogP contribution is 2.65. The molecule has 1 heterocycles. The van der Waals surface area contributed by atoms with Crippen LogP contribution in [0.25, 0.3) is 98.7 Å². The first kappa shape index (κ1) is 45.1. The average Bonchev–Trinajstić information content (AvgIpc) is 3.88. The molecular formula is C72H61O4P. The van der Waals surface area contributed by atoms with E-state index in [1.54, 1.807) is 0 Å². The van der Waals surface area contributed by atoms with Crippen molar-refractivity contribution in [3.63, 3.8) is 0 Å². The van der Waals surface area contributed by atoms with Crippen LogP contribution in [0.15, 0.2) is 182 Å². The number of hydrogen-bond acceptors (Lipinski definition) is 3. The van der Waals surface area contributed by atoms with Crippen LogP contribution in [-0.4, -0.2) is 4.89 Å². The van der Waals surface area contributed by atoms with Crippen molar-refractivity contribution in [1.29, 1.82) is 0 Å². The molecule has 10 aromatic rings. The molecule has 19 rings (SSSR count). The van der Waals surface area contributed by atoms with Crippen molar-refractivity contribution in [2.75, 3.05) is 0 Å². The molecule has 4 nitrogen and oxygen atoms in total. The number of rotatable bonds is 6. The number of phosphoric acid groups is 1. The highest BCUT2D eigenvalue weighted by atomic mass is 31.2. The van der Waals surface area contributed by atoms with E-state index >= 15 is 4.57 Å². The van der Waals surface area contributed by atoms with Gasteiger partial charge in [0.15, 0.2) is 0 Å². The molecule has 8 saturated carbocycles. The minimum absolute atomic E-state index is 0.283. The lowest BCUT2D eigenvalue weighted by atomic mass is 9.48. The Labute approximate surface area is 450 Å². The molecule has 77 heavy (non-hydrogen) atoms. The second-order valence-corrected chi connectivity index (χ2v) is 26.6. The van der Waals surface area contributed by atoms with E-state index in [-0.39, 0.29) is 10.8 Å². The van der Waals surface area contributed by atoms with Crippen molar-refractivity contribution in [2.45, 2.75) is 87.9 Å². The lowest BCUT2D eigenvalue weighted by Gasteiger charge is -2.57. The van der Waals surface area contributed by atoms with Crippen molar-refractivity contribution < 1.29 is 18.5 Å². The lowest BCUT2D eigenvalue weighted by molar-refractivity contribution is -0.00530. The van der Waals surface area contributed by atoms with E-state index in [1.165, 1.54) is 88.2 Å². The molecule has 8 aliphatic carbocycles. The Kier molecular flexibility index (Phi) is 9.68. The van der Waals surface area contributed by atoms with E-state index in [2.05, 4.69) is 182 Å². The van der Waals surface area contributed by atoms with Gasteiger partial charge in [-0.2, -0.15) is 0 Å². The van der Waals surface area contributed by atoms with Gasteiger partial charge in [-0.25, -0.2) is 4.57 Å². The summed E-state index contributed by atoms with van der Waals surface area (Å²) in [5.41, 5.74) is 12.8. The van der Waals surface area contributed by atoms with E-state index < -0.39 is 7.82 Å². The molecule has 8 bridgehead atoms. The van der Waals surface area contributed by atoms with Gasteiger partial charge in [0.05, 0.1) is 0 Å². The minimum Gasteiger partial charge on any atom is -0.394 e. The van der Waals surface area contributed by atoms with Crippen molar-refractivity contribution in [3.8, 4) is 67.1 Å². The van der Waals surface area contributed by atoms with Crippen LogP contribution in [0.5, 0.6) is 11.5 Å². The minimum atomic E-state index is -4.91. The van der Waals surface area contributed by atoms with Gasteiger partial charge in [0.1, 0.15) is 11.5 Å². The summed E-state index contributed by atoms with van der Waals surface area (Å²) < 4.78 is 28.9. The van der Waals surface area contributed by atoms with Gasteiger partial charge in [0, 0.05) is 33.4 Å². The van der Waals surface area contributed by atoms with Crippen LogP contribution in [0, 0.1) is 35.5 Å². The van der Waals surface area contributed by atoms with Gasteiger partial charge in [0.25, 0.3) is 0 Å². The van der Waals surface area contributed by atoms with Crippen LogP contribution in [0.2, 0.25) is 0 Å². The summed E-state index contributed by atoms with van der Waals surface area (Å²) in [5, 5.41) is 8.09. The fraction of sp³-hybridized carbons (Fsp3) is 0.278. The van der Waals surface area contributed by atoms with Crippen LogP contribution in [0.4, 0.5) is 0 Å². The first-order valence-electron chi connectivity index (χ1n) is 28.8. The molecule has 0 unspecified atom stereocenters. The Balaban J connectivity index is 0.894. The molecule has 0 amide bonds. The van der Waals surface area contributed by atoms with E-state index in [9.17, 15) is 4.89 Å². The van der Waals surface area contributed by atoms with Crippen molar-refractivity contribution in [3.05, 3.63) is 193 Å². The van der Waals surface area contributed by atoms with Gasteiger partial charge < -0.3 is 9.05 Å². The third kappa shape index (κ3) is 6.96. The summed E-state index contributed by atoms with van der Waals surface area (Å²) in [6, 6.07) is 66.3. The summed E-state index contributed by atoms with van der Waals surface area (Å²) >= 11 is 0. The fourth-order valence-electron chi connectivity index (χ4n) is 18.5. The van der Waals surface area contributed by atoms with E-state index in [0.717, 1.165) is 134 Å². The zero-order valence-corrected chi connectivity index (χ0v) is 44.3. The zero-order valence-electron chi connectivity index (χ0n) is 43.4. The van der Waals surface area contributed by atoms with E-state index in [0.29, 0.717) is 11.5 Å². The molecule has 10 aromatic carbocycles. The number of benzene rings is 10. The highest BCUT2D eigenvalue weighted by molar-refractivity contribution is 7.48. The number of fused-ring (bicyclic) bond motifs is 9. The fourth-order valence-corrected chi connectivity index (χ4v) is 19.4. The molecule has 5 heteroatoms. The van der Waals surface area contributed by atoms with Crippen molar-refractivity contribution >= 4 is 50.9 Å². The average molecular weight is 1020 g/mol. The molecule has 378 valence electrons. The highest BCUT2D eigenvalue weighted by Gasteiger charge is 2.53. The van der Waals surface area contributed by atoms with Gasteiger partial charge in [-0.1, -0.05) is 170 Å². The Hall–Kier alpha value is -6.97. The van der Waals surface area contributed by atoms with Gasteiger partial charge >= 0.3 is 7.82 Å². The third-order valence-electron chi connectivity index (χ3n) is 20.8. The standard InChI is InChI=1S/C72H61O4P/c73-77(74)75-69-63(65-57-13-5-1-9-49(57)21-27-61(65)51-17-23-55(24-18-51)71-37-43-29-44(38-71)31-45(30-43)39-71)35-53-11-3-7-15-59(53)67(69)68-60-16-8-4-12-54(60)36-64(70(68)76-77)66-58-14-6-2-10-50(58)22-28-62(66)52-19-25-56(26-20-52)72-40-46-32-47(41-72)34-48(33-46)42-72/h1-28,35-36,43-48H,29-34,37-42H2,(H,73,74). The van der Waals surface area contributed by atoms with Crippen LogP contribution in [0.1, 0.15) is 88.2 Å². The second-order valence-electron chi connectivity index (χ2n) is 25.3. The molecule has 9 aliphatic rings. The molecule has 0 aromatic heterocycles. The quantitative estimate of drug-likeness (QED) is 0.169. The van der Waals surface area contributed by atoms with Crippen molar-refractivity contribution in [1.82, 2.24) is 0 Å². The first-order chi connectivity index (χ1) is 37.7. The molecule has 0 saturated heterocycles. The lowest BCUT2D eigenvalue weighted by Crippen LogP contribution is -2.48. The van der Waals surface area contributed by atoms with E-state index in [4.69, 9.17) is 9.05 Å². The number of phosphoric ester groups is 1. The molecular weight excluding hydrogens is 960 g/mol. The first-order valence-corrected chi connectivity index (χ1v) is 30.3. The molecule has 0 spiro atoms. The van der Waals surface area contributed by atoms with E-state index in [1.807, 2.05) is 0 Å². The maximum absolute atomic E-state index is 15.4. The molecule has 0 atom stereocenters. The molecule has 1 aliphatic heterocycles. The monoisotopic (exact) mass is 1020 g/mol. The van der Waals surface area contributed by atoms with Crippen molar-refractivity contribution in [2.24, 2.45) is 35.5 Å². The maximum Gasteiger partial charge on any atom is 0.584 e. The largest absolute Gasteiger partial charge is 0.584 e. The Morgan fingerprint density at radius 1 is 0.351 bits per heavy atom. The summed E-state index contributed by atoms with van der Waals surface area (Å²) in [6.45, 7) is 0. The third-order valence-corrected chi connectivity index (χ3v) is 21.6. The summed E-state index contributed by atoms with van der Waals surface area (Å²) in [7, 11) is -4.91. The Morgan fingerprint density at radius 3 is 1.01 bits per heavy atom. The van der Waals surface area contributed by atoms with Crippen LogP contribution < -0.4 is 9.05 Å². The predicted molar refractivity (Wildman–Crippen MR) is 314 cm³/mol. The predicted octanol–water partition coefficient (Wildman–Crippen LogP) is 19.4. The Bertz CT molecular complexity index is 3830. The van der Waals surface area contributed by atoms with Crippen LogP contribution in [-0.2, 0) is 15.4 Å². The smallest absolute Gasteiger partial charge is 0.394 e. The normalized spacial score (nSPS) is 28.4. The summed E-state index contributed by atoms with van der Waals surface area (Å²) in [5.74, 6) is 5.87. The van der Waals surface area contributed by atoms with Gasteiger partial charge in [-0.15, -0.1) is 0 Å². The second kappa shape index (κ2) is 16.5.